The van der Waals surface area contributed by atoms with Gasteiger partial charge in [-0.05, 0) is 51.6 Å². The summed E-state index contributed by atoms with van der Waals surface area (Å²) in [6, 6.07) is 60.0. The van der Waals surface area contributed by atoms with E-state index in [4.69, 9.17) is 19.9 Å². The van der Waals surface area contributed by atoms with Crippen molar-refractivity contribution in [1.82, 2.24) is 19.9 Å². The molecule has 11 rings (SSSR count). The van der Waals surface area contributed by atoms with Gasteiger partial charge >= 0.3 is 0 Å². The Bertz CT molecular complexity index is 3150. The second kappa shape index (κ2) is 12.6. The summed E-state index contributed by atoms with van der Waals surface area (Å²) in [4.78, 5) is 20.3. The van der Waals surface area contributed by atoms with Gasteiger partial charge in [-0.1, -0.05) is 166 Å². The van der Waals surface area contributed by atoms with Crippen molar-refractivity contribution in [3.05, 3.63) is 181 Å². The molecular weight excluding hydrogens is 701 g/mol. The van der Waals surface area contributed by atoms with Crippen molar-refractivity contribution in [2.75, 3.05) is 0 Å². The molecule has 56 heavy (non-hydrogen) atoms. The van der Waals surface area contributed by atoms with Gasteiger partial charge in [-0.25, -0.2) is 19.9 Å². The SMILES string of the molecule is CC1(C)c2ccccc2-c2ccc(-c3ccc(-c4nc(-c5ccccc5)nc(-c5ccc(-c6nc7ccccc7c7sc8ccccc8c67)cc5)n4)cc3)cc21. The summed E-state index contributed by atoms with van der Waals surface area (Å²) in [5.74, 6) is 1.90. The Morgan fingerprint density at radius 1 is 0.411 bits per heavy atom. The zero-order valence-electron chi connectivity index (χ0n) is 30.9. The molecule has 0 unspecified atom stereocenters. The third-order valence-electron chi connectivity index (χ3n) is 11.4. The highest BCUT2D eigenvalue weighted by Gasteiger charge is 2.35. The number of fused-ring (bicyclic) bond motifs is 8. The first-order chi connectivity index (χ1) is 27.5. The van der Waals surface area contributed by atoms with Gasteiger partial charge in [0.1, 0.15) is 0 Å². The molecule has 1 aliphatic carbocycles. The molecule has 7 aromatic carbocycles. The second-order valence-electron chi connectivity index (χ2n) is 15.0. The molecule has 3 heterocycles. The maximum atomic E-state index is 5.23. The summed E-state index contributed by atoms with van der Waals surface area (Å²) < 4.78 is 2.53. The van der Waals surface area contributed by atoms with Gasteiger partial charge in [0.05, 0.1) is 11.2 Å². The topological polar surface area (TPSA) is 51.6 Å². The Hall–Kier alpha value is -6.82. The van der Waals surface area contributed by atoms with Crippen molar-refractivity contribution in [1.29, 1.82) is 0 Å². The molecule has 4 nitrogen and oxygen atoms in total. The van der Waals surface area contributed by atoms with E-state index < -0.39 is 0 Å². The number of hydrogen-bond acceptors (Lipinski definition) is 5. The van der Waals surface area contributed by atoms with Crippen LogP contribution in [0.2, 0.25) is 0 Å². The summed E-state index contributed by atoms with van der Waals surface area (Å²) in [7, 11) is 0. The summed E-state index contributed by atoms with van der Waals surface area (Å²) in [6.07, 6.45) is 0. The number of aromatic nitrogens is 4. The summed E-state index contributed by atoms with van der Waals surface area (Å²) in [6.45, 7) is 4.65. The van der Waals surface area contributed by atoms with Crippen LogP contribution in [0.25, 0.3) is 98.7 Å². The van der Waals surface area contributed by atoms with E-state index in [0.29, 0.717) is 17.5 Å². The number of thiophene rings is 1. The quantitative estimate of drug-likeness (QED) is 0.177. The average Bonchev–Trinajstić information content (AvgIpc) is 3.76. The van der Waals surface area contributed by atoms with Crippen molar-refractivity contribution < 1.29 is 0 Å². The van der Waals surface area contributed by atoms with E-state index in [-0.39, 0.29) is 5.41 Å². The van der Waals surface area contributed by atoms with Gasteiger partial charge in [-0.3, -0.25) is 0 Å². The Kier molecular flexibility index (Phi) is 7.35. The van der Waals surface area contributed by atoms with Crippen LogP contribution in [0.3, 0.4) is 0 Å². The molecule has 1 aliphatic rings. The van der Waals surface area contributed by atoms with Crippen LogP contribution in [-0.4, -0.2) is 19.9 Å². The molecule has 0 radical (unpaired) electrons. The molecular formula is C51H34N4S. The predicted octanol–water partition coefficient (Wildman–Crippen LogP) is 13.4. The third-order valence-corrected chi connectivity index (χ3v) is 12.6. The monoisotopic (exact) mass is 734 g/mol. The first-order valence-electron chi connectivity index (χ1n) is 19.0. The van der Waals surface area contributed by atoms with E-state index in [0.717, 1.165) is 39.0 Å². The van der Waals surface area contributed by atoms with Crippen LogP contribution in [0.4, 0.5) is 0 Å². The normalized spacial score (nSPS) is 13.0. The molecule has 0 N–H and O–H groups in total. The molecule has 3 aromatic heterocycles. The molecule has 0 amide bonds. The number of hydrogen-bond donors (Lipinski definition) is 0. The number of benzene rings is 7. The Labute approximate surface area is 328 Å². The standard InChI is InChI=1S/C51H34N4S/c1-51(2)41-17-9-6-14-37(41)38-29-28-36(30-42(38)51)31-20-24-34(25-21-31)49-53-48(33-12-4-3-5-13-33)54-50(55-49)35-26-22-32(23-27-35)46-45-40-16-8-11-19-44(40)56-47(45)39-15-7-10-18-43(39)52-46/h3-30H,1-2H3. The first-order valence-corrected chi connectivity index (χ1v) is 19.8. The highest BCUT2D eigenvalue weighted by molar-refractivity contribution is 7.26. The number of para-hydroxylation sites is 1. The molecule has 0 saturated carbocycles. The maximum Gasteiger partial charge on any atom is 0.164 e. The van der Waals surface area contributed by atoms with Crippen molar-refractivity contribution >= 4 is 42.4 Å². The van der Waals surface area contributed by atoms with Crippen LogP contribution >= 0.6 is 11.3 Å². The lowest BCUT2D eigenvalue weighted by Crippen LogP contribution is -2.14. The van der Waals surface area contributed by atoms with E-state index in [2.05, 4.69) is 153 Å². The summed E-state index contributed by atoms with van der Waals surface area (Å²) in [5.41, 5.74) is 13.6. The molecule has 0 bridgehead atoms. The molecule has 0 atom stereocenters. The highest BCUT2D eigenvalue weighted by Crippen LogP contribution is 2.49. The second-order valence-corrected chi connectivity index (χ2v) is 16.1. The Morgan fingerprint density at radius 3 is 1.68 bits per heavy atom. The zero-order valence-corrected chi connectivity index (χ0v) is 31.7. The molecule has 0 aliphatic heterocycles. The van der Waals surface area contributed by atoms with E-state index >= 15 is 0 Å². The van der Waals surface area contributed by atoms with Gasteiger partial charge in [0.2, 0.25) is 0 Å². The highest BCUT2D eigenvalue weighted by atomic mass is 32.1. The average molecular weight is 735 g/mol. The van der Waals surface area contributed by atoms with Gasteiger partial charge in [-0.2, -0.15) is 0 Å². The lowest BCUT2D eigenvalue weighted by atomic mass is 9.81. The number of pyridine rings is 1. The zero-order chi connectivity index (χ0) is 37.4. The van der Waals surface area contributed by atoms with Gasteiger partial charge in [-0.15, -0.1) is 11.3 Å². The molecule has 264 valence electrons. The lowest BCUT2D eigenvalue weighted by Gasteiger charge is -2.22. The minimum Gasteiger partial charge on any atom is -0.247 e. The third kappa shape index (κ3) is 5.19. The fraction of sp³-hybridized carbons (Fsp3) is 0.0588. The minimum absolute atomic E-state index is 0.0499. The maximum absolute atomic E-state index is 5.23. The Morgan fingerprint density at radius 2 is 0.946 bits per heavy atom. The molecule has 5 heteroatoms. The molecule has 0 fully saturated rings. The van der Waals surface area contributed by atoms with Gasteiger partial charge in [0, 0.05) is 53.2 Å². The van der Waals surface area contributed by atoms with E-state index in [1.807, 2.05) is 41.7 Å². The van der Waals surface area contributed by atoms with Crippen molar-refractivity contribution in [2.24, 2.45) is 0 Å². The van der Waals surface area contributed by atoms with Crippen LogP contribution in [0.15, 0.2) is 170 Å². The molecule has 10 aromatic rings. The number of rotatable bonds is 5. The van der Waals surface area contributed by atoms with Crippen LogP contribution in [0.5, 0.6) is 0 Å². The van der Waals surface area contributed by atoms with Crippen molar-refractivity contribution in [3.8, 4) is 67.7 Å². The van der Waals surface area contributed by atoms with Crippen molar-refractivity contribution in [2.45, 2.75) is 19.3 Å². The van der Waals surface area contributed by atoms with Gasteiger partial charge < -0.3 is 0 Å². The fourth-order valence-corrected chi connectivity index (χ4v) is 9.68. The van der Waals surface area contributed by atoms with Crippen LogP contribution in [0, 0.1) is 0 Å². The van der Waals surface area contributed by atoms with E-state index in [1.165, 1.54) is 53.4 Å². The summed E-state index contributed by atoms with van der Waals surface area (Å²) >= 11 is 1.83. The molecule has 0 spiro atoms. The lowest BCUT2D eigenvalue weighted by molar-refractivity contribution is 0.660. The number of nitrogens with zero attached hydrogens (tertiary/aromatic N) is 4. The fourth-order valence-electron chi connectivity index (χ4n) is 8.44. The minimum atomic E-state index is -0.0499. The van der Waals surface area contributed by atoms with Gasteiger partial charge in [0.15, 0.2) is 17.5 Å². The van der Waals surface area contributed by atoms with E-state index in [1.54, 1.807) is 0 Å². The van der Waals surface area contributed by atoms with E-state index in [9.17, 15) is 0 Å². The first kappa shape index (κ1) is 32.6. The largest absolute Gasteiger partial charge is 0.247 e. The van der Waals surface area contributed by atoms with Crippen LogP contribution in [0.1, 0.15) is 25.0 Å². The van der Waals surface area contributed by atoms with Crippen LogP contribution < -0.4 is 0 Å². The summed E-state index contributed by atoms with van der Waals surface area (Å²) in [5, 5.41) is 3.62. The smallest absolute Gasteiger partial charge is 0.164 e. The predicted molar refractivity (Wildman–Crippen MR) is 233 cm³/mol. The van der Waals surface area contributed by atoms with Gasteiger partial charge in [0.25, 0.3) is 0 Å². The van der Waals surface area contributed by atoms with Crippen molar-refractivity contribution in [3.63, 3.8) is 0 Å². The Balaban J connectivity index is 0.978. The van der Waals surface area contributed by atoms with Crippen LogP contribution in [-0.2, 0) is 5.41 Å². The molecule has 0 saturated heterocycles.